The zero-order valence-electron chi connectivity index (χ0n) is 53.1. The third-order valence-corrected chi connectivity index (χ3v) is 15.4. The molecule has 0 spiro atoms. The molecule has 0 aliphatic heterocycles. The Bertz CT molecular complexity index is 1500. The van der Waals surface area contributed by atoms with Crippen LogP contribution in [0.5, 0.6) is 0 Å². The van der Waals surface area contributed by atoms with E-state index >= 15 is 0 Å². The van der Waals surface area contributed by atoms with Gasteiger partial charge in [0.05, 0.1) is 6.61 Å². The fraction of sp³-hybridized carbons (Fsp3) is 0.760. The van der Waals surface area contributed by atoms with Gasteiger partial charge in [-0.1, -0.05) is 355 Å². The predicted octanol–water partition coefficient (Wildman–Crippen LogP) is 24.2. The minimum Gasteiger partial charge on any atom is -0.462 e. The SMILES string of the molecule is CC/C=C\C/C=C\C/C=C\C/C=C\C/C=C\C/C=C\C/C=C\C/C=C\CCCCCCCCCCC(=O)OC(CO)COC(=O)CCCCCCCCCCCCCCCCCCCCCCCCCCCCCCCCCCC. The van der Waals surface area contributed by atoms with Crippen molar-refractivity contribution in [1.29, 1.82) is 0 Å². The van der Waals surface area contributed by atoms with Crippen molar-refractivity contribution in [3.8, 4) is 0 Å². The van der Waals surface area contributed by atoms with Crippen LogP contribution in [0.4, 0.5) is 0 Å². The Morgan fingerprint density at radius 1 is 0.300 bits per heavy atom. The first-order chi connectivity index (χ1) is 39.6. The quantitative estimate of drug-likeness (QED) is 0.0373. The van der Waals surface area contributed by atoms with Gasteiger partial charge in [-0.2, -0.15) is 0 Å². The van der Waals surface area contributed by atoms with Crippen molar-refractivity contribution >= 4 is 11.9 Å². The van der Waals surface area contributed by atoms with Crippen molar-refractivity contribution in [2.24, 2.45) is 0 Å². The molecule has 0 saturated heterocycles. The number of esters is 2. The summed E-state index contributed by atoms with van der Waals surface area (Å²) < 4.78 is 10.8. The first kappa shape index (κ1) is 76.8. The predicted molar refractivity (Wildman–Crippen MR) is 352 cm³/mol. The minimum atomic E-state index is -0.783. The van der Waals surface area contributed by atoms with Gasteiger partial charge in [0, 0.05) is 12.8 Å². The van der Waals surface area contributed by atoms with Gasteiger partial charge < -0.3 is 14.6 Å². The van der Waals surface area contributed by atoms with E-state index in [0.717, 1.165) is 96.3 Å². The molecule has 1 unspecified atom stereocenters. The van der Waals surface area contributed by atoms with Crippen molar-refractivity contribution in [2.45, 2.75) is 354 Å². The van der Waals surface area contributed by atoms with Gasteiger partial charge in [0.25, 0.3) is 0 Å². The summed E-state index contributed by atoms with van der Waals surface area (Å²) in [5, 5.41) is 9.70. The van der Waals surface area contributed by atoms with Crippen LogP contribution in [0.3, 0.4) is 0 Å². The molecule has 462 valence electrons. The van der Waals surface area contributed by atoms with Crippen molar-refractivity contribution in [3.63, 3.8) is 0 Å². The van der Waals surface area contributed by atoms with Gasteiger partial charge in [-0.25, -0.2) is 0 Å². The molecule has 0 heterocycles. The number of hydrogen-bond acceptors (Lipinski definition) is 5. The molecule has 0 aliphatic carbocycles. The van der Waals surface area contributed by atoms with Crippen LogP contribution >= 0.6 is 0 Å². The van der Waals surface area contributed by atoms with Gasteiger partial charge in [-0.05, 0) is 77.0 Å². The summed E-state index contributed by atoms with van der Waals surface area (Å²) in [5.41, 5.74) is 0. The number of aliphatic hydroxyl groups is 1. The number of allylic oxidation sites excluding steroid dienone is 16. The molecule has 0 rings (SSSR count). The molecule has 0 amide bonds. The highest BCUT2D eigenvalue weighted by molar-refractivity contribution is 5.70. The molecular formula is C75H132O5. The standard InChI is InChI=1S/C75H132O5/c1-3-5-7-9-11-13-15-17-19-21-23-25-27-29-31-33-35-37-39-41-43-45-47-49-51-53-55-57-59-61-63-65-67-69-74(77)79-72-73(71-76)80-75(78)70-68-66-64-62-60-58-56-54-52-50-48-46-44-42-40-38-36-34-32-30-28-26-24-22-20-18-16-14-12-10-8-6-4-2/h6,8,12,14,18,20,24,26,30,32,36,38,42,44,48,50,73,76H,3-5,7,9-11,13,15-17,19,21-23,25,27-29,31,33-35,37,39-41,43,45-47,49,51-72H2,1-2H3/b8-6-,14-12-,20-18-,26-24-,32-30-,38-36-,44-42-,50-48-. The summed E-state index contributed by atoms with van der Waals surface area (Å²) >= 11 is 0. The van der Waals surface area contributed by atoms with Crippen LogP contribution in [0.25, 0.3) is 0 Å². The maximum atomic E-state index is 12.4. The summed E-state index contributed by atoms with van der Waals surface area (Å²) in [4.78, 5) is 24.6. The highest BCUT2D eigenvalue weighted by Gasteiger charge is 2.16. The van der Waals surface area contributed by atoms with Crippen LogP contribution in [0.1, 0.15) is 348 Å². The highest BCUT2D eigenvalue weighted by atomic mass is 16.6. The molecule has 0 aromatic carbocycles. The summed E-state index contributed by atoms with van der Waals surface area (Å²) in [6.45, 7) is 4.06. The Labute approximate surface area is 498 Å². The zero-order valence-corrected chi connectivity index (χ0v) is 53.1. The molecule has 1 atom stereocenters. The Balaban J connectivity index is 3.48. The van der Waals surface area contributed by atoms with Crippen molar-refractivity contribution in [1.82, 2.24) is 0 Å². The zero-order chi connectivity index (χ0) is 57.6. The summed E-state index contributed by atoms with van der Waals surface area (Å²) in [5.74, 6) is -0.590. The van der Waals surface area contributed by atoms with E-state index in [1.807, 2.05) is 0 Å². The Morgan fingerprint density at radius 2 is 0.537 bits per heavy atom. The van der Waals surface area contributed by atoms with Gasteiger partial charge >= 0.3 is 11.9 Å². The van der Waals surface area contributed by atoms with Crippen LogP contribution in [0.15, 0.2) is 97.2 Å². The first-order valence-corrected chi connectivity index (χ1v) is 34.8. The Hall–Kier alpha value is -3.18. The summed E-state index contributed by atoms with van der Waals surface area (Å²) in [6.07, 6.45) is 100. The summed E-state index contributed by atoms with van der Waals surface area (Å²) in [6, 6.07) is 0. The van der Waals surface area contributed by atoms with Gasteiger partial charge in [-0.15, -0.1) is 0 Å². The number of carbonyl (C=O) groups is 2. The first-order valence-electron chi connectivity index (χ1n) is 34.8. The van der Waals surface area contributed by atoms with E-state index in [0.29, 0.717) is 12.8 Å². The molecule has 5 heteroatoms. The van der Waals surface area contributed by atoms with Crippen LogP contribution in [0, 0.1) is 0 Å². The maximum Gasteiger partial charge on any atom is 0.306 e. The number of aliphatic hydroxyl groups excluding tert-OH is 1. The molecular weight excluding hydrogens is 981 g/mol. The summed E-state index contributed by atoms with van der Waals surface area (Å²) in [7, 11) is 0. The molecule has 0 saturated carbocycles. The lowest BCUT2D eigenvalue weighted by Gasteiger charge is -2.15. The Morgan fingerprint density at radius 3 is 0.812 bits per heavy atom. The van der Waals surface area contributed by atoms with Crippen molar-refractivity contribution in [2.75, 3.05) is 13.2 Å². The highest BCUT2D eigenvalue weighted by Crippen LogP contribution is 2.18. The monoisotopic (exact) mass is 1110 g/mol. The lowest BCUT2D eigenvalue weighted by molar-refractivity contribution is -0.161. The smallest absolute Gasteiger partial charge is 0.306 e. The van der Waals surface area contributed by atoms with Gasteiger partial charge in [0.15, 0.2) is 6.10 Å². The average molecular weight is 1110 g/mol. The second-order valence-corrected chi connectivity index (χ2v) is 23.2. The lowest BCUT2D eigenvalue weighted by Crippen LogP contribution is -2.28. The molecule has 0 aromatic rings. The van der Waals surface area contributed by atoms with E-state index in [9.17, 15) is 14.7 Å². The van der Waals surface area contributed by atoms with Crippen molar-refractivity contribution < 1.29 is 24.2 Å². The maximum absolute atomic E-state index is 12.4. The molecule has 80 heavy (non-hydrogen) atoms. The fourth-order valence-corrected chi connectivity index (χ4v) is 10.2. The van der Waals surface area contributed by atoms with Gasteiger partial charge in [0.2, 0.25) is 0 Å². The normalized spacial score (nSPS) is 12.8. The van der Waals surface area contributed by atoms with E-state index in [4.69, 9.17) is 9.47 Å². The second-order valence-electron chi connectivity index (χ2n) is 23.2. The van der Waals surface area contributed by atoms with Crippen LogP contribution < -0.4 is 0 Å². The van der Waals surface area contributed by atoms with Crippen molar-refractivity contribution in [3.05, 3.63) is 97.2 Å². The number of rotatable bonds is 64. The molecule has 0 radical (unpaired) electrons. The molecule has 1 N–H and O–H groups in total. The molecule has 0 fully saturated rings. The molecule has 0 bridgehead atoms. The van der Waals surface area contributed by atoms with Gasteiger partial charge in [0.1, 0.15) is 6.61 Å². The van der Waals surface area contributed by atoms with Crippen LogP contribution in [-0.4, -0.2) is 36.4 Å². The number of carbonyl (C=O) groups excluding carboxylic acids is 2. The topological polar surface area (TPSA) is 72.8 Å². The largest absolute Gasteiger partial charge is 0.462 e. The third kappa shape index (κ3) is 67.3. The van der Waals surface area contributed by atoms with E-state index in [1.54, 1.807) is 0 Å². The van der Waals surface area contributed by atoms with E-state index in [1.165, 1.54) is 225 Å². The third-order valence-electron chi connectivity index (χ3n) is 15.4. The fourth-order valence-electron chi connectivity index (χ4n) is 10.2. The van der Waals surface area contributed by atoms with E-state index in [2.05, 4.69) is 111 Å². The number of hydrogen-bond donors (Lipinski definition) is 1. The van der Waals surface area contributed by atoms with E-state index in [-0.39, 0.29) is 25.2 Å². The van der Waals surface area contributed by atoms with E-state index < -0.39 is 6.10 Å². The lowest BCUT2D eigenvalue weighted by atomic mass is 10.0. The number of ether oxygens (including phenoxy) is 2. The second kappa shape index (κ2) is 70.1. The average Bonchev–Trinajstić information content (AvgIpc) is 3.46. The number of unbranched alkanes of at least 4 members (excludes halogenated alkanes) is 40. The molecule has 5 nitrogen and oxygen atoms in total. The Kier molecular flexibility index (Phi) is 67.3. The minimum absolute atomic E-state index is 0.0701. The molecule has 0 aromatic heterocycles. The molecule has 0 aliphatic rings. The van der Waals surface area contributed by atoms with Crippen LogP contribution in [-0.2, 0) is 19.1 Å². The van der Waals surface area contributed by atoms with Gasteiger partial charge in [-0.3, -0.25) is 9.59 Å². The van der Waals surface area contributed by atoms with Crippen LogP contribution in [0.2, 0.25) is 0 Å².